The summed E-state index contributed by atoms with van der Waals surface area (Å²) >= 11 is 0. The molecule has 3 heterocycles. The first kappa shape index (κ1) is 42.1. The number of aromatic nitrogens is 1. The van der Waals surface area contributed by atoms with Crippen molar-refractivity contribution in [3.63, 3.8) is 0 Å². The number of fused-ring (bicyclic) bond motifs is 17. The topological polar surface area (TPSA) is 158 Å². The van der Waals surface area contributed by atoms with Gasteiger partial charge in [-0.2, -0.15) is 0 Å². The molecule has 6 aromatic rings. The molecule has 2 aliphatic rings. The Morgan fingerprint density at radius 3 is 1.98 bits per heavy atom. The molecule has 4 amide bonds. The fourth-order valence-electron chi connectivity index (χ4n) is 5.96. The van der Waals surface area contributed by atoms with Crippen LogP contribution in [-0.4, -0.2) is 66.7 Å². The molecule has 0 fully saturated rings. The van der Waals surface area contributed by atoms with E-state index in [0.717, 1.165) is 22.3 Å². The summed E-state index contributed by atoms with van der Waals surface area (Å²) in [5, 5.41) is 11.6. The number of amides is 4. The maximum absolute atomic E-state index is 13.0. The van der Waals surface area contributed by atoms with Gasteiger partial charge in [0.25, 0.3) is 5.91 Å². The van der Waals surface area contributed by atoms with Gasteiger partial charge in [0.15, 0.2) is 6.61 Å². The molecule has 0 aliphatic carbocycles. The molecule has 8 rings (SSSR count). The van der Waals surface area contributed by atoms with Crippen LogP contribution >= 0.6 is 0 Å². The second-order valence-corrected chi connectivity index (χ2v) is 13.6. The Morgan fingerprint density at radius 1 is 0.672 bits per heavy atom. The van der Waals surface area contributed by atoms with Gasteiger partial charge in [-0.3, -0.25) is 19.2 Å². The van der Waals surface area contributed by atoms with Gasteiger partial charge in [0.05, 0.1) is 19.1 Å². The van der Waals surface area contributed by atoms with Crippen LogP contribution in [0.3, 0.4) is 0 Å². The number of aryl methyl sites for hydroxylation is 2. The molecule has 1 aromatic heterocycles. The molecule has 2 aliphatic heterocycles. The number of H-pyrrole nitrogens is 1. The quantitative estimate of drug-likeness (QED) is 0.117. The van der Waals surface area contributed by atoms with Crippen LogP contribution in [-0.2, 0) is 36.8 Å². The molecular weight excluding hydrogens is 738 g/mol. The van der Waals surface area contributed by atoms with Crippen LogP contribution in [0.4, 0.5) is 4.39 Å². The lowest BCUT2D eigenvalue weighted by Gasteiger charge is -2.19. The number of hydrogen-bond donors (Lipinski definition) is 5. The summed E-state index contributed by atoms with van der Waals surface area (Å²) in [7, 11) is 0. The Hall–Kier alpha value is -7.08. The zero-order valence-electron chi connectivity index (χ0n) is 32.3. The van der Waals surface area contributed by atoms with Crippen molar-refractivity contribution >= 4 is 40.8 Å². The molecule has 0 radical (unpaired) electrons. The van der Waals surface area contributed by atoms with Crippen LogP contribution in [0.1, 0.15) is 22.3 Å². The van der Waals surface area contributed by atoms with E-state index in [9.17, 15) is 28.4 Å². The normalized spacial score (nSPS) is 16.2. The number of aldehydes is 1. The molecule has 0 saturated carbocycles. The van der Waals surface area contributed by atoms with Gasteiger partial charge in [-0.1, -0.05) is 103 Å². The molecule has 2 atom stereocenters. The molecular formula is C46H46FN5O6. The van der Waals surface area contributed by atoms with Crippen molar-refractivity contribution < 1.29 is 33.1 Å². The third-order valence-electron chi connectivity index (χ3n) is 9.15. The van der Waals surface area contributed by atoms with Crippen molar-refractivity contribution in [2.45, 2.75) is 38.8 Å². The lowest BCUT2D eigenvalue weighted by Crippen LogP contribution is -2.52. The minimum absolute atomic E-state index is 0.132. The number of carbonyl (C=O) groups excluding carboxylic acids is 5. The zero-order valence-corrected chi connectivity index (χ0v) is 32.3. The van der Waals surface area contributed by atoms with Gasteiger partial charge in [0, 0.05) is 23.5 Å². The zero-order chi connectivity index (χ0) is 41.3. The molecule has 2 bridgehead atoms. The van der Waals surface area contributed by atoms with E-state index in [-0.39, 0.29) is 38.4 Å². The number of ether oxygens (including phenoxy) is 1. The number of rotatable bonds is 4. The highest BCUT2D eigenvalue weighted by molar-refractivity contribution is 5.92. The Kier molecular flexibility index (Phi) is 15.4. The molecule has 12 heteroatoms. The summed E-state index contributed by atoms with van der Waals surface area (Å²) in [6.07, 6.45) is 3.04. The highest BCUT2D eigenvalue weighted by atomic mass is 19.1. The van der Waals surface area contributed by atoms with Crippen LogP contribution in [0.15, 0.2) is 134 Å². The summed E-state index contributed by atoms with van der Waals surface area (Å²) in [6.45, 7) is 2.80. The van der Waals surface area contributed by atoms with Gasteiger partial charge in [0.2, 0.25) is 17.7 Å². The number of carbonyl (C=O) groups is 5. The first-order valence-electron chi connectivity index (χ1n) is 18.8. The molecule has 58 heavy (non-hydrogen) atoms. The SMILES string of the molecule is Cc1c[nH]c2ccccc12.Cc1ccccc1F.O=C[C@@H]1Cc2ccc(cc2)OCC(=O)NCC(=O)N[C@H](Cc2ccc(-c3ccccc3)cc2)C(=O)NCC(=O)N1. The molecule has 5 aromatic carbocycles. The fraction of sp³-hybridized carbons (Fsp3) is 0.196. The molecule has 298 valence electrons. The van der Waals surface area contributed by atoms with E-state index in [2.05, 4.69) is 51.4 Å². The average molecular weight is 784 g/mol. The Morgan fingerprint density at radius 2 is 1.31 bits per heavy atom. The van der Waals surface area contributed by atoms with E-state index < -0.39 is 35.7 Å². The van der Waals surface area contributed by atoms with E-state index in [1.165, 1.54) is 22.5 Å². The van der Waals surface area contributed by atoms with E-state index in [0.29, 0.717) is 17.6 Å². The van der Waals surface area contributed by atoms with Crippen molar-refractivity contribution in [3.05, 3.63) is 162 Å². The molecule has 0 unspecified atom stereocenters. The second kappa shape index (κ2) is 21.3. The van der Waals surface area contributed by atoms with Crippen LogP contribution in [0.2, 0.25) is 0 Å². The average Bonchev–Trinajstić information content (AvgIpc) is 3.63. The van der Waals surface area contributed by atoms with Crippen molar-refractivity contribution in [1.82, 2.24) is 26.3 Å². The van der Waals surface area contributed by atoms with E-state index in [1.807, 2.05) is 72.9 Å². The largest absolute Gasteiger partial charge is 0.484 e. The molecule has 11 nitrogen and oxygen atoms in total. The molecule has 5 N–H and O–H groups in total. The Labute approximate surface area is 336 Å². The second-order valence-electron chi connectivity index (χ2n) is 13.6. The summed E-state index contributed by atoms with van der Waals surface area (Å²) in [6, 6.07) is 37.3. The van der Waals surface area contributed by atoms with Gasteiger partial charge in [-0.15, -0.1) is 0 Å². The summed E-state index contributed by atoms with van der Waals surface area (Å²) < 4.78 is 17.8. The van der Waals surface area contributed by atoms with Gasteiger partial charge in [0.1, 0.15) is 23.9 Å². The first-order chi connectivity index (χ1) is 28.1. The van der Waals surface area contributed by atoms with Crippen molar-refractivity contribution in [2.24, 2.45) is 0 Å². The van der Waals surface area contributed by atoms with Gasteiger partial charge >= 0.3 is 0 Å². The minimum Gasteiger partial charge on any atom is -0.484 e. The molecule has 0 saturated heterocycles. The molecule has 0 spiro atoms. The number of aromatic amines is 1. The van der Waals surface area contributed by atoms with Gasteiger partial charge < -0.3 is 35.8 Å². The summed E-state index contributed by atoms with van der Waals surface area (Å²) in [5.74, 6) is -1.92. The lowest BCUT2D eigenvalue weighted by atomic mass is 10.00. The maximum atomic E-state index is 13.0. The fourth-order valence-corrected chi connectivity index (χ4v) is 5.96. The number of benzene rings is 5. The minimum atomic E-state index is -1.02. The van der Waals surface area contributed by atoms with Crippen LogP contribution in [0, 0.1) is 19.7 Å². The summed E-state index contributed by atoms with van der Waals surface area (Å²) in [4.78, 5) is 65.1. The highest BCUT2D eigenvalue weighted by Gasteiger charge is 2.23. The summed E-state index contributed by atoms with van der Waals surface area (Å²) in [5.41, 5.74) is 6.83. The van der Waals surface area contributed by atoms with E-state index in [1.54, 1.807) is 43.3 Å². The predicted octanol–water partition coefficient (Wildman–Crippen LogP) is 5.54. The highest BCUT2D eigenvalue weighted by Crippen LogP contribution is 2.20. The van der Waals surface area contributed by atoms with Crippen molar-refractivity contribution in [2.75, 3.05) is 19.7 Å². The Bertz CT molecular complexity index is 2270. The maximum Gasteiger partial charge on any atom is 0.258 e. The monoisotopic (exact) mass is 783 g/mol. The van der Waals surface area contributed by atoms with E-state index in [4.69, 9.17) is 4.74 Å². The third kappa shape index (κ3) is 13.0. The third-order valence-corrected chi connectivity index (χ3v) is 9.15. The number of hydrogen-bond acceptors (Lipinski definition) is 6. The van der Waals surface area contributed by atoms with Gasteiger partial charge in [-0.05, 0) is 77.9 Å². The van der Waals surface area contributed by atoms with E-state index >= 15 is 0 Å². The number of para-hydroxylation sites is 1. The number of halogens is 1. The standard InChI is InChI=1S/C30H30N4O6.C9H9N.C7H7F/c35-18-24-14-20-8-12-25(13-9-20)40-19-29(38)31-16-28(37)34-26(30(39)32-17-27(36)33-24)15-21-6-10-23(11-7-21)22-4-2-1-3-5-22;1-7-6-10-9-5-3-2-4-8(7)9;1-6-4-2-3-5-7(6)8/h1-13,18,24,26H,14-17,19H2,(H,31,38)(H,32,39)(H,33,36)(H,34,37);2-6,10H,1H3;2-5H,1H3/t24-,26+;;/m0../s1. The predicted molar refractivity (Wildman–Crippen MR) is 221 cm³/mol. The first-order valence-corrected chi connectivity index (χ1v) is 18.8. The smallest absolute Gasteiger partial charge is 0.258 e. The van der Waals surface area contributed by atoms with Crippen molar-refractivity contribution in [3.8, 4) is 16.9 Å². The van der Waals surface area contributed by atoms with Crippen LogP contribution in [0.25, 0.3) is 22.0 Å². The van der Waals surface area contributed by atoms with Crippen LogP contribution < -0.4 is 26.0 Å². The lowest BCUT2D eigenvalue weighted by molar-refractivity contribution is -0.131. The van der Waals surface area contributed by atoms with Gasteiger partial charge in [-0.25, -0.2) is 4.39 Å². The van der Waals surface area contributed by atoms with Crippen LogP contribution in [0.5, 0.6) is 5.75 Å². The number of nitrogens with one attached hydrogen (secondary N) is 5. The Balaban J connectivity index is 0.000000287. The van der Waals surface area contributed by atoms with Crippen molar-refractivity contribution in [1.29, 1.82) is 0 Å².